The average molecular weight is 461 g/mol. The molecule has 1 aromatic carbocycles. The molecule has 2 rings (SSSR count). The van der Waals surface area contributed by atoms with Crippen molar-refractivity contribution in [3.63, 3.8) is 0 Å². The van der Waals surface area contributed by atoms with Crippen LogP contribution in [0.5, 0.6) is 0 Å². The molecule has 0 aliphatic heterocycles. The predicted octanol–water partition coefficient (Wildman–Crippen LogP) is 5.83. The topological polar surface area (TPSA) is 67.2 Å². The molecule has 7 heteroatoms. The number of nitrogens with zero attached hydrogens (tertiary/aromatic N) is 3. The highest BCUT2D eigenvalue weighted by Crippen LogP contribution is 2.27. The quantitative estimate of drug-likeness (QED) is 0.485. The molecule has 0 fully saturated rings. The molecule has 1 aromatic heterocycles. The molecule has 0 unspecified atom stereocenters. The number of anilines is 1. The fourth-order valence-corrected chi connectivity index (χ4v) is 3.29. The summed E-state index contributed by atoms with van der Waals surface area (Å²) in [7, 11) is 0. The van der Waals surface area contributed by atoms with E-state index in [1.807, 2.05) is 18.2 Å². The van der Waals surface area contributed by atoms with Gasteiger partial charge in [0.15, 0.2) is 0 Å². The van der Waals surface area contributed by atoms with Gasteiger partial charge < -0.3 is 10.2 Å². The summed E-state index contributed by atoms with van der Waals surface area (Å²) in [5.41, 5.74) is 1.48. The second-order valence-corrected chi connectivity index (χ2v) is 10.1. The van der Waals surface area contributed by atoms with Gasteiger partial charge in [-0.1, -0.05) is 59.6 Å². The lowest BCUT2D eigenvalue weighted by Gasteiger charge is -2.23. The molecule has 0 saturated heterocycles. The van der Waals surface area contributed by atoms with Gasteiger partial charge in [-0.3, -0.25) is 9.59 Å². The van der Waals surface area contributed by atoms with Crippen LogP contribution in [0.3, 0.4) is 0 Å². The van der Waals surface area contributed by atoms with Gasteiger partial charge in [-0.15, -0.1) is 0 Å². The number of hydrogen-bond donors (Lipinski definition) is 1. The molecule has 32 heavy (non-hydrogen) atoms. The number of rotatable bonds is 10. The maximum Gasteiger partial charge on any atom is 0.245 e. The first-order chi connectivity index (χ1) is 15.0. The Labute approximate surface area is 197 Å². The van der Waals surface area contributed by atoms with Crippen LogP contribution in [0.1, 0.15) is 72.9 Å². The number of hydrogen-bond acceptors (Lipinski definition) is 3. The Morgan fingerprint density at radius 2 is 1.84 bits per heavy atom. The predicted molar refractivity (Wildman–Crippen MR) is 131 cm³/mol. The molecule has 0 aliphatic carbocycles. The highest BCUT2D eigenvalue weighted by molar-refractivity contribution is 6.30. The number of amides is 2. The molecule has 2 amide bonds. The first-order valence-electron chi connectivity index (χ1n) is 11.4. The van der Waals surface area contributed by atoms with Crippen molar-refractivity contribution < 1.29 is 9.59 Å². The van der Waals surface area contributed by atoms with E-state index in [9.17, 15) is 9.59 Å². The van der Waals surface area contributed by atoms with E-state index >= 15 is 0 Å². The number of carbonyl (C=O) groups is 2. The lowest BCUT2D eigenvalue weighted by molar-refractivity contribution is -0.135. The van der Waals surface area contributed by atoms with Crippen molar-refractivity contribution in [2.24, 2.45) is 5.92 Å². The highest BCUT2D eigenvalue weighted by Gasteiger charge is 2.23. The molecule has 0 aliphatic rings. The fraction of sp³-hybridized carbons (Fsp3) is 0.560. The van der Waals surface area contributed by atoms with Crippen LogP contribution in [-0.2, 0) is 15.0 Å². The van der Waals surface area contributed by atoms with Crippen LogP contribution in [0, 0.1) is 5.92 Å². The first kappa shape index (κ1) is 25.9. The Balaban J connectivity index is 2.24. The molecule has 176 valence electrons. The number of carbonyl (C=O) groups excluding carboxylic acids is 2. The van der Waals surface area contributed by atoms with Gasteiger partial charge in [-0.2, -0.15) is 5.10 Å². The van der Waals surface area contributed by atoms with Gasteiger partial charge in [-0.05, 0) is 43.0 Å². The smallest absolute Gasteiger partial charge is 0.245 e. The molecule has 2 aromatic rings. The number of nitrogens with one attached hydrogen (secondary N) is 1. The van der Waals surface area contributed by atoms with Crippen LogP contribution in [-0.4, -0.2) is 39.6 Å². The van der Waals surface area contributed by atoms with E-state index < -0.39 is 0 Å². The standard InChI is InChI=1S/C25H37ClN4O2/c1-7-8-9-24(32)29(15-14-18(2)3)17-23(31)27-22-16-21(25(4,5)6)28-30(22)20-12-10-19(26)11-13-20/h10-13,16,18H,7-9,14-15,17H2,1-6H3,(H,27,31). The van der Waals surface area contributed by atoms with Crippen LogP contribution in [0.2, 0.25) is 5.02 Å². The van der Waals surface area contributed by atoms with E-state index in [2.05, 4.69) is 46.9 Å². The molecule has 6 nitrogen and oxygen atoms in total. The lowest BCUT2D eigenvalue weighted by atomic mass is 9.92. The van der Waals surface area contributed by atoms with Crippen molar-refractivity contribution in [3.8, 4) is 5.69 Å². The monoisotopic (exact) mass is 460 g/mol. The Kier molecular flexibility index (Phi) is 9.32. The SMILES string of the molecule is CCCCC(=O)N(CCC(C)C)CC(=O)Nc1cc(C(C)(C)C)nn1-c1ccc(Cl)cc1. The second-order valence-electron chi connectivity index (χ2n) is 9.70. The minimum Gasteiger partial charge on any atom is -0.333 e. The summed E-state index contributed by atoms with van der Waals surface area (Å²) in [6.07, 6.45) is 3.11. The number of unbranched alkanes of at least 4 members (excludes halogenated alkanes) is 1. The molecule has 1 N–H and O–H groups in total. The zero-order valence-corrected chi connectivity index (χ0v) is 21.0. The fourth-order valence-electron chi connectivity index (χ4n) is 3.16. The second kappa shape index (κ2) is 11.5. The van der Waals surface area contributed by atoms with Crippen LogP contribution < -0.4 is 5.32 Å². The molecule has 1 heterocycles. The van der Waals surface area contributed by atoms with E-state index in [4.69, 9.17) is 16.7 Å². The van der Waals surface area contributed by atoms with Crippen LogP contribution in [0.25, 0.3) is 5.69 Å². The van der Waals surface area contributed by atoms with Crippen molar-refractivity contribution >= 4 is 29.2 Å². The molecule has 0 spiro atoms. The summed E-state index contributed by atoms with van der Waals surface area (Å²) in [6.45, 7) is 13.1. The summed E-state index contributed by atoms with van der Waals surface area (Å²) in [4.78, 5) is 27.3. The maximum atomic E-state index is 13.0. The van der Waals surface area contributed by atoms with Gasteiger partial charge in [0.2, 0.25) is 11.8 Å². The molecular weight excluding hydrogens is 424 g/mol. The normalized spacial score (nSPS) is 11.6. The largest absolute Gasteiger partial charge is 0.333 e. The third-order valence-corrected chi connectivity index (χ3v) is 5.48. The molecule has 0 bridgehead atoms. The zero-order chi connectivity index (χ0) is 23.9. The summed E-state index contributed by atoms with van der Waals surface area (Å²) in [5, 5.41) is 8.34. The Bertz CT molecular complexity index is 898. The van der Waals surface area contributed by atoms with E-state index in [0.29, 0.717) is 29.7 Å². The summed E-state index contributed by atoms with van der Waals surface area (Å²) in [6, 6.07) is 9.20. The van der Waals surface area contributed by atoms with Crippen molar-refractivity contribution in [2.45, 2.75) is 72.6 Å². The van der Waals surface area contributed by atoms with E-state index in [1.54, 1.807) is 21.7 Å². The number of halogens is 1. The minimum atomic E-state index is -0.228. The van der Waals surface area contributed by atoms with Crippen LogP contribution in [0.4, 0.5) is 5.82 Å². The molecule has 0 atom stereocenters. The van der Waals surface area contributed by atoms with Gasteiger partial charge in [0, 0.05) is 29.5 Å². The lowest BCUT2D eigenvalue weighted by Crippen LogP contribution is -2.39. The van der Waals surface area contributed by atoms with Crippen molar-refractivity contribution in [1.82, 2.24) is 14.7 Å². The van der Waals surface area contributed by atoms with Gasteiger partial charge >= 0.3 is 0 Å². The Hall–Kier alpha value is -2.34. The first-order valence-corrected chi connectivity index (χ1v) is 11.8. The Morgan fingerprint density at radius 1 is 1.19 bits per heavy atom. The van der Waals surface area contributed by atoms with Crippen molar-refractivity contribution in [2.75, 3.05) is 18.4 Å². The molecular formula is C25H37ClN4O2. The zero-order valence-electron chi connectivity index (χ0n) is 20.2. The van der Waals surface area contributed by atoms with E-state index in [1.165, 1.54) is 0 Å². The summed E-state index contributed by atoms with van der Waals surface area (Å²) in [5.74, 6) is 0.839. The van der Waals surface area contributed by atoms with Gasteiger partial charge in [0.1, 0.15) is 5.82 Å². The molecule has 0 radical (unpaired) electrons. The molecule has 0 saturated carbocycles. The van der Waals surface area contributed by atoms with E-state index in [0.717, 1.165) is 30.6 Å². The summed E-state index contributed by atoms with van der Waals surface area (Å²) >= 11 is 6.04. The third kappa shape index (κ3) is 7.66. The van der Waals surface area contributed by atoms with E-state index in [-0.39, 0.29) is 23.8 Å². The number of benzene rings is 1. The van der Waals surface area contributed by atoms with Gasteiger partial charge in [0.25, 0.3) is 0 Å². The van der Waals surface area contributed by atoms with Crippen LogP contribution in [0.15, 0.2) is 30.3 Å². The third-order valence-electron chi connectivity index (χ3n) is 5.22. The minimum absolute atomic E-state index is 0.0317. The number of aromatic nitrogens is 2. The highest BCUT2D eigenvalue weighted by atomic mass is 35.5. The van der Waals surface area contributed by atoms with Crippen LogP contribution >= 0.6 is 11.6 Å². The summed E-state index contributed by atoms with van der Waals surface area (Å²) < 4.78 is 1.71. The maximum absolute atomic E-state index is 13.0. The van der Waals surface area contributed by atoms with Gasteiger partial charge in [-0.25, -0.2) is 4.68 Å². The van der Waals surface area contributed by atoms with Gasteiger partial charge in [0.05, 0.1) is 17.9 Å². The van der Waals surface area contributed by atoms with Crippen molar-refractivity contribution in [1.29, 1.82) is 0 Å². The van der Waals surface area contributed by atoms with Crippen molar-refractivity contribution in [3.05, 3.63) is 41.0 Å². The average Bonchev–Trinajstić information content (AvgIpc) is 3.13. The Morgan fingerprint density at radius 3 is 2.41 bits per heavy atom.